The lowest BCUT2D eigenvalue weighted by molar-refractivity contribution is 0.208. The molecule has 0 spiro atoms. The van der Waals surface area contributed by atoms with E-state index in [4.69, 9.17) is 4.74 Å². The molecule has 0 N–H and O–H groups in total. The van der Waals surface area contributed by atoms with Crippen molar-refractivity contribution in [1.29, 1.82) is 0 Å². The lowest BCUT2D eigenvalue weighted by Crippen LogP contribution is -2.41. The van der Waals surface area contributed by atoms with Gasteiger partial charge in [-0.3, -0.25) is 4.90 Å². The first-order chi connectivity index (χ1) is 9.22. The maximum atomic E-state index is 12.4. The Morgan fingerprint density at radius 2 is 1.68 bits per heavy atom. The molecule has 4 heteroatoms. The van der Waals surface area contributed by atoms with E-state index < -0.39 is 0 Å². The summed E-state index contributed by atoms with van der Waals surface area (Å²) in [6.45, 7) is 1.75. The highest BCUT2D eigenvalue weighted by molar-refractivity contribution is 5.91. The Morgan fingerprint density at radius 1 is 1.11 bits per heavy atom. The van der Waals surface area contributed by atoms with Crippen molar-refractivity contribution >= 4 is 11.7 Å². The van der Waals surface area contributed by atoms with Crippen molar-refractivity contribution in [1.82, 2.24) is 4.90 Å². The zero-order valence-corrected chi connectivity index (χ0v) is 11.8. The third-order valence-corrected chi connectivity index (χ3v) is 3.62. The SMILES string of the molecule is COc1ccc(N(C)C(=O)N2CCCCCC2)cc1. The zero-order chi connectivity index (χ0) is 13.7. The van der Waals surface area contributed by atoms with Gasteiger partial charge in [-0.25, -0.2) is 4.79 Å². The first kappa shape index (κ1) is 13.7. The van der Waals surface area contributed by atoms with Crippen molar-refractivity contribution < 1.29 is 9.53 Å². The van der Waals surface area contributed by atoms with E-state index in [-0.39, 0.29) is 6.03 Å². The van der Waals surface area contributed by atoms with Crippen LogP contribution >= 0.6 is 0 Å². The van der Waals surface area contributed by atoms with E-state index in [9.17, 15) is 4.79 Å². The van der Waals surface area contributed by atoms with Crippen LogP contribution in [0.5, 0.6) is 5.75 Å². The number of hydrogen-bond acceptors (Lipinski definition) is 2. The Kier molecular flexibility index (Phi) is 4.66. The van der Waals surface area contributed by atoms with Gasteiger partial charge >= 0.3 is 6.03 Å². The van der Waals surface area contributed by atoms with Gasteiger partial charge in [0.05, 0.1) is 7.11 Å². The Hall–Kier alpha value is -1.71. The number of anilines is 1. The number of amides is 2. The molecule has 1 fully saturated rings. The van der Waals surface area contributed by atoms with Crippen molar-refractivity contribution in [2.45, 2.75) is 25.7 Å². The Labute approximate surface area is 115 Å². The quantitative estimate of drug-likeness (QED) is 0.820. The average molecular weight is 262 g/mol. The highest BCUT2D eigenvalue weighted by atomic mass is 16.5. The van der Waals surface area contributed by atoms with Crippen molar-refractivity contribution in [3.63, 3.8) is 0 Å². The molecule has 1 aliphatic rings. The van der Waals surface area contributed by atoms with E-state index in [0.717, 1.165) is 37.4 Å². The van der Waals surface area contributed by atoms with E-state index in [1.54, 1.807) is 12.0 Å². The lowest BCUT2D eigenvalue weighted by Gasteiger charge is -2.27. The summed E-state index contributed by atoms with van der Waals surface area (Å²) in [5, 5.41) is 0. The molecule has 1 heterocycles. The summed E-state index contributed by atoms with van der Waals surface area (Å²) in [4.78, 5) is 16.1. The van der Waals surface area contributed by atoms with Crippen LogP contribution in [0.25, 0.3) is 0 Å². The first-order valence-electron chi connectivity index (χ1n) is 6.89. The van der Waals surface area contributed by atoms with Crippen molar-refractivity contribution in [3.05, 3.63) is 24.3 Å². The van der Waals surface area contributed by atoms with Gasteiger partial charge in [0.15, 0.2) is 0 Å². The lowest BCUT2D eigenvalue weighted by atomic mass is 10.2. The molecule has 0 aromatic heterocycles. The maximum absolute atomic E-state index is 12.4. The van der Waals surface area contributed by atoms with Gasteiger partial charge < -0.3 is 9.64 Å². The van der Waals surface area contributed by atoms with Crippen LogP contribution in [-0.2, 0) is 0 Å². The topological polar surface area (TPSA) is 32.8 Å². The molecule has 1 saturated heterocycles. The number of benzene rings is 1. The number of likely N-dealkylation sites (tertiary alicyclic amines) is 1. The molecule has 0 saturated carbocycles. The molecular weight excluding hydrogens is 240 g/mol. The number of carbonyl (C=O) groups is 1. The minimum absolute atomic E-state index is 0.0899. The van der Waals surface area contributed by atoms with Crippen LogP contribution in [0.1, 0.15) is 25.7 Å². The fourth-order valence-electron chi connectivity index (χ4n) is 2.39. The van der Waals surface area contributed by atoms with Crippen LogP contribution in [0.4, 0.5) is 10.5 Å². The van der Waals surface area contributed by atoms with Gasteiger partial charge in [-0.1, -0.05) is 12.8 Å². The van der Waals surface area contributed by atoms with E-state index >= 15 is 0 Å². The van der Waals surface area contributed by atoms with Crippen LogP contribution in [0.15, 0.2) is 24.3 Å². The first-order valence-corrected chi connectivity index (χ1v) is 6.89. The van der Waals surface area contributed by atoms with Gasteiger partial charge in [-0.2, -0.15) is 0 Å². The number of urea groups is 1. The van der Waals surface area contributed by atoms with Crippen molar-refractivity contribution in [2.24, 2.45) is 0 Å². The monoisotopic (exact) mass is 262 g/mol. The van der Waals surface area contributed by atoms with E-state index in [2.05, 4.69) is 0 Å². The van der Waals surface area contributed by atoms with Gasteiger partial charge in [-0.15, -0.1) is 0 Å². The second-order valence-corrected chi connectivity index (χ2v) is 4.94. The summed E-state index contributed by atoms with van der Waals surface area (Å²) < 4.78 is 5.13. The number of hydrogen-bond donors (Lipinski definition) is 0. The molecule has 0 bridgehead atoms. The van der Waals surface area contributed by atoms with Gasteiger partial charge in [0, 0.05) is 25.8 Å². The summed E-state index contributed by atoms with van der Waals surface area (Å²) in [6.07, 6.45) is 4.69. The smallest absolute Gasteiger partial charge is 0.324 e. The fraction of sp³-hybridized carbons (Fsp3) is 0.533. The predicted octanol–water partition coefficient (Wildman–Crippen LogP) is 3.13. The van der Waals surface area contributed by atoms with Gasteiger partial charge in [0.1, 0.15) is 5.75 Å². The second kappa shape index (κ2) is 6.45. The Morgan fingerprint density at radius 3 is 2.21 bits per heavy atom. The third-order valence-electron chi connectivity index (χ3n) is 3.62. The van der Waals surface area contributed by atoms with Gasteiger partial charge in [-0.05, 0) is 37.1 Å². The number of nitrogens with zero attached hydrogens (tertiary/aromatic N) is 2. The maximum Gasteiger partial charge on any atom is 0.324 e. The molecule has 0 aliphatic carbocycles. The zero-order valence-electron chi connectivity index (χ0n) is 11.8. The van der Waals surface area contributed by atoms with Crippen LogP contribution in [0, 0.1) is 0 Å². The summed E-state index contributed by atoms with van der Waals surface area (Å²) in [5.74, 6) is 0.805. The summed E-state index contributed by atoms with van der Waals surface area (Å²) in [6, 6.07) is 7.67. The Balaban J connectivity index is 2.04. The molecule has 1 aliphatic heterocycles. The van der Waals surface area contributed by atoms with Gasteiger partial charge in [0.2, 0.25) is 0 Å². The minimum atomic E-state index is 0.0899. The molecule has 0 radical (unpaired) electrons. The number of methoxy groups -OCH3 is 1. The summed E-state index contributed by atoms with van der Waals surface area (Å²) in [7, 11) is 3.47. The molecular formula is C15H22N2O2. The molecule has 1 aromatic carbocycles. The molecule has 4 nitrogen and oxygen atoms in total. The summed E-state index contributed by atoms with van der Waals surface area (Å²) >= 11 is 0. The van der Waals surface area contributed by atoms with E-state index in [1.807, 2.05) is 36.2 Å². The van der Waals surface area contributed by atoms with Crippen molar-refractivity contribution in [3.8, 4) is 5.75 Å². The average Bonchev–Trinajstić information content (AvgIpc) is 2.75. The van der Waals surface area contributed by atoms with Crippen LogP contribution in [0.2, 0.25) is 0 Å². The molecule has 2 amide bonds. The fourth-order valence-corrected chi connectivity index (χ4v) is 2.39. The number of carbonyl (C=O) groups excluding carboxylic acids is 1. The van der Waals surface area contributed by atoms with E-state index in [0.29, 0.717) is 0 Å². The van der Waals surface area contributed by atoms with Crippen molar-refractivity contribution in [2.75, 3.05) is 32.1 Å². The number of ether oxygens (including phenoxy) is 1. The molecule has 0 unspecified atom stereocenters. The summed E-state index contributed by atoms with van der Waals surface area (Å²) in [5.41, 5.74) is 0.898. The standard InChI is InChI=1S/C15H22N2O2/c1-16(13-7-9-14(19-2)10-8-13)15(18)17-11-5-3-4-6-12-17/h7-10H,3-6,11-12H2,1-2H3. The van der Waals surface area contributed by atoms with E-state index in [1.165, 1.54) is 12.8 Å². The third kappa shape index (κ3) is 3.40. The van der Waals surface area contributed by atoms with Crippen LogP contribution < -0.4 is 9.64 Å². The van der Waals surface area contributed by atoms with Crippen LogP contribution in [-0.4, -0.2) is 38.2 Å². The predicted molar refractivity (Wildman–Crippen MR) is 76.8 cm³/mol. The van der Waals surface area contributed by atoms with Gasteiger partial charge in [0.25, 0.3) is 0 Å². The number of rotatable bonds is 2. The molecule has 19 heavy (non-hydrogen) atoms. The molecule has 104 valence electrons. The minimum Gasteiger partial charge on any atom is -0.497 e. The Bertz CT molecular complexity index is 409. The normalized spacial score (nSPS) is 15.8. The molecule has 1 aromatic rings. The molecule has 0 atom stereocenters. The largest absolute Gasteiger partial charge is 0.497 e. The van der Waals surface area contributed by atoms with Crippen LogP contribution in [0.3, 0.4) is 0 Å². The molecule has 2 rings (SSSR count). The highest BCUT2D eigenvalue weighted by Crippen LogP contribution is 2.20. The highest BCUT2D eigenvalue weighted by Gasteiger charge is 2.20. The second-order valence-electron chi connectivity index (χ2n) is 4.94.